The number of carbonyl (C=O) groups excluding carboxylic acids is 1. The van der Waals surface area contributed by atoms with E-state index in [0.29, 0.717) is 10.7 Å². The summed E-state index contributed by atoms with van der Waals surface area (Å²) in [4.78, 5) is 28.4. The topological polar surface area (TPSA) is 85.1 Å². The lowest BCUT2D eigenvalue weighted by Crippen LogP contribution is -2.12. The van der Waals surface area contributed by atoms with Crippen LogP contribution in [0.1, 0.15) is 20.8 Å². The van der Waals surface area contributed by atoms with Gasteiger partial charge in [0.1, 0.15) is 0 Å². The van der Waals surface area contributed by atoms with Crippen LogP contribution in [-0.2, 0) is 0 Å². The molecule has 0 bridgehead atoms. The summed E-state index contributed by atoms with van der Waals surface area (Å²) in [6.07, 6.45) is 0. The SMILES string of the molecule is Cc1ccc(C(=O)Nc2nc(-c3ccccc3)c(C)s2)cc1[N+](=O)[O-]. The predicted octanol–water partition coefficient (Wildman–Crippen LogP) is 4.59. The van der Waals surface area contributed by atoms with E-state index in [1.807, 2.05) is 37.3 Å². The Kier molecular flexibility index (Phi) is 4.58. The standard InChI is InChI=1S/C18H15N3O3S/c1-11-8-9-14(10-15(11)21(23)24)17(22)20-18-19-16(12(2)25-18)13-6-4-3-5-7-13/h3-10H,1-2H3,(H,19,20,22). The number of hydrogen-bond acceptors (Lipinski definition) is 5. The fourth-order valence-electron chi connectivity index (χ4n) is 2.43. The third-order valence-electron chi connectivity index (χ3n) is 3.73. The van der Waals surface area contributed by atoms with Gasteiger partial charge in [0.2, 0.25) is 0 Å². The van der Waals surface area contributed by atoms with Crippen molar-refractivity contribution in [1.82, 2.24) is 4.98 Å². The third-order valence-corrected chi connectivity index (χ3v) is 4.62. The van der Waals surface area contributed by atoms with Crippen LogP contribution in [0.4, 0.5) is 10.8 Å². The van der Waals surface area contributed by atoms with Crippen molar-refractivity contribution >= 4 is 28.1 Å². The Labute approximate surface area is 148 Å². The molecule has 6 nitrogen and oxygen atoms in total. The highest BCUT2D eigenvalue weighted by molar-refractivity contribution is 7.16. The molecular formula is C18H15N3O3S. The average Bonchev–Trinajstić information content (AvgIpc) is 2.96. The molecule has 3 rings (SSSR count). The van der Waals surface area contributed by atoms with E-state index >= 15 is 0 Å². The molecular weight excluding hydrogens is 338 g/mol. The van der Waals surface area contributed by atoms with E-state index in [1.54, 1.807) is 19.1 Å². The fraction of sp³-hybridized carbons (Fsp3) is 0.111. The highest BCUT2D eigenvalue weighted by Crippen LogP contribution is 2.30. The molecule has 25 heavy (non-hydrogen) atoms. The summed E-state index contributed by atoms with van der Waals surface area (Å²) in [5, 5.41) is 14.2. The summed E-state index contributed by atoms with van der Waals surface area (Å²) in [5.41, 5.74) is 2.45. The quantitative estimate of drug-likeness (QED) is 0.549. The lowest BCUT2D eigenvalue weighted by molar-refractivity contribution is -0.385. The smallest absolute Gasteiger partial charge is 0.273 e. The minimum absolute atomic E-state index is 0.0760. The first-order valence-electron chi connectivity index (χ1n) is 7.55. The third kappa shape index (κ3) is 3.56. The maximum atomic E-state index is 12.4. The zero-order valence-corrected chi connectivity index (χ0v) is 14.5. The molecule has 0 fully saturated rings. The van der Waals surface area contributed by atoms with Crippen LogP contribution in [0.15, 0.2) is 48.5 Å². The number of anilines is 1. The molecule has 0 aliphatic heterocycles. The van der Waals surface area contributed by atoms with Crippen molar-refractivity contribution in [2.45, 2.75) is 13.8 Å². The van der Waals surface area contributed by atoms with E-state index in [2.05, 4.69) is 10.3 Å². The van der Waals surface area contributed by atoms with Gasteiger partial charge < -0.3 is 0 Å². The van der Waals surface area contributed by atoms with Gasteiger partial charge in [-0.3, -0.25) is 20.2 Å². The van der Waals surface area contributed by atoms with Gasteiger partial charge in [-0.25, -0.2) is 4.98 Å². The van der Waals surface area contributed by atoms with Gasteiger partial charge in [-0.15, -0.1) is 11.3 Å². The van der Waals surface area contributed by atoms with Crippen LogP contribution in [0, 0.1) is 24.0 Å². The molecule has 7 heteroatoms. The van der Waals surface area contributed by atoms with Crippen molar-refractivity contribution in [3.8, 4) is 11.3 Å². The van der Waals surface area contributed by atoms with Crippen molar-refractivity contribution in [3.63, 3.8) is 0 Å². The Morgan fingerprint density at radius 3 is 2.56 bits per heavy atom. The number of rotatable bonds is 4. The van der Waals surface area contributed by atoms with Gasteiger partial charge in [-0.05, 0) is 19.9 Å². The molecule has 0 saturated carbocycles. The number of amides is 1. The molecule has 0 aliphatic rings. The zero-order chi connectivity index (χ0) is 18.0. The fourth-order valence-corrected chi connectivity index (χ4v) is 3.26. The second-order valence-electron chi connectivity index (χ2n) is 5.50. The summed E-state index contributed by atoms with van der Waals surface area (Å²) in [6.45, 7) is 3.57. The van der Waals surface area contributed by atoms with Gasteiger partial charge >= 0.3 is 0 Å². The molecule has 0 saturated heterocycles. The number of carbonyl (C=O) groups is 1. The summed E-state index contributed by atoms with van der Waals surface area (Å²) in [5.74, 6) is -0.420. The van der Waals surface area contributed by atoms with Crippen molar-refractivity contribution in [3.05, 3.63) is 74.6 Å². The number of aromatic nitrogens is 1. The first-order chi connectivity index (χ1) is 12.0. The Hall–Kier alpha value is -3.06. The van der Waals surface area contributed by atoms with Crippen LogP contribution < -0.4 is 5.32 Å². The van der Waals surface area contributed by atoms with E-state index in [1.165, 1.54) is 17.4 Å². The Balaban J connectivity index is 1.85. The number of benzene rings is 2. The van der Waals surface area contributed by atoms with Crippen molar-refractivity contribution in [1.29, 1.82) is 0 Å². The molecule has 1 N–H and O–H groups in total. The summed E-state index contributed by atoms with van der Waals surface area (Å²) in [6, 6.07) is 14.1. The maximum absolute atomic E-state index is 12.4. The normalized spacial score (nSPS) is 10.5. The average molecular weight is 353 g/mol. The van der Waals surface area contributed by atoms with Gasteiger partial charge in [0.05, 0.1) is 10.6 Å². The Bertz CT molecular complexity index is 951. The molecule has 0 unspecified atom stereocenters. The highest BCUT2D eigenvalue weighted by atomic mass is 32.1. The largest absolute Gasteiger partial charge is 0.298 e. The first kappa shape index (κ1) is 16.8. The highest BCUT2D eigenvalue weighted by Gasteiger charge is 2.17. The molecule has 1 amide bonds. The van der Waals surface area contributed by atoms with Gasteiger partial charge in [0, 0.05) is 27.6 Å². The summed E-state index contributed by atoms with van der Waals surface area (Å²) >= 11 is 1.37. The second-order valence-corrected chi connectivity index (χ2v) is 6.71. The maximum Gasteiger partial charge on any atom is 0.273 e. The number of nitro groups is 1. The van der Waals surface area contributed by atoms with E-state index < -0.39 is 10.8 Å². The molecule has 126 valence electrons. The van der Waals surface area contributed by atoms with Crippen LogP contribution in [0.25, 0.3) is 11.3 Å². The molecule has 1 heterocycles. The van der Waals surface area contributed by atoms with Crippen LogP contribution in [0.5, 0.6) is 0 Å². The summed E-state index contributed by atoms with van der Waals surface area (Å²) < 4.78 is 0. The van der Waals surface area contributed by atoms with Crippen LogP contribution in [0.3, 0.4) is 0 Å². The number of nitro benzene ring substituents is 1. The van der Waals surface area contributed by atoms with Gasteiger partial charge in [0.25, 0.3) is 11.6 Å². The minimum atomic E-state index is -0.493. The molecule has 2 aromatic carbocycles. The van der Waals surface area contributed by atoms with E-state index in [4.69, 9.17) is 0 Å². The number of thiazole rings is 1. The number of hydrogen-bond donors (Lipinski definition) is 1. The number of nitrogens with one attached hydrogen (secondary N) is 1. The van der Waals surface area contributed by atoms with Crippen LogP contribution in [0.2, 0.25) is 0 Å². The Morgan fingerprint density at radius 2 is 1.88 bits per heavy atom. The molecule has 0 atom stereocenters. The Morgan fingerprint density at radius 1 is 1.16 bits per heavy atom. The number of nitrogens with zero attached hydrogens (tertiary/aromatic N) is 2. The van der Waals surface area contributed by atoms with Crippen LogP contribution >= 0.6 is 11.3 Å². The van der Waals surface area contributed by atoms with Crippen molar-refractivity contribution in [2.75, 3.05) is 5.32 Å². The van der Waals surface area contributed by atoms with Crippen molar-refractivity contribution in [2.24, 2.45) is 0 Å². The lowest BCUT2D eigenvalue weighted by atomic mass is 10.1. The molecule has 3 aromatic rings. The monoisotopic (exact) mass is 353 g/mol. The molecule has 0 radical (unpaired) electrons. The van der Waals surface area contributed by atoms with E-state index in [0.717, 1.165) is 16.1 Å². The predicted molar refractivity (Wildman–Crippen MR) is 98.1 cm³/mol. The molecule has 0 aliphatic carbocycles. The summed E-state index contributed by atoms with van der Waals surface area (Å²) in [7, 11) is 0. The van der Waals surface area contributed by atoms with E-state index in [9.17, 15) is 14.9 Å². The second kappa shape index (κ2) is 6.82. The zero-order valence-electron chi connectivity index (χ0n) is 13.6. The minimum Gasteiger partial charge on any atom is -0.298 e. The van der Waals surface area contributed by atoms with E-state index in [-0.39, 0.29) is 11.3 Å². The number of aryl methyl sites for hydroxylation is 2. The van der Waals surface area contributed by atoms with Gasteiger partial charge in [-0.2, -0.15) is 0 Å². The molecule has 1 aromatic heterocycles. The first-order valence-corrected chi connectivity index (χ1v) is 8.36. The van der Waals surface area contributed by atoms with Crippen molar-refractivity contribution < 1.29 is 9.72 Å². The van der Waals surface area contributed by atoms with Gasteiger partial charge in [0.15, 0.2) is 5.13 Å². The van der Waals surface area contributed by atoms with Gasteiger partial charge in [-0.1, -0.05) is 36.4 Å². The molecule has 0 spiro atoms. The lowest BCUT2D eigenvalue weighted by Gasteiger charge is -2.03. The van der Waals surface area contributed by atoms with Crippen LogP contribution in [-0.4, -0.2) is 15.8 Å².